The van der Waals surface area contributed by atoms with E-state index in [2.05, 4.69) is 0 Å². The first-order chi connectivity index (χ1) is 13.5. The topological polar surface area (TPSA) is 66.8 Å². The summed E-state index contributed by atoms with van der Waals surface area (Å²) in [4.78, 5) is 27.0. The van der Waals surface area contributed by atoms with Crippen LogP contribution in [0, 0.1) is 5.82 Å². The van der Waals surface area contributed by atoms with E-state index in [1.54, 1.807) is 24.3 Å². The highest BCUT2D eigenvalue weighted by Crippen LogP contribution is 2.41. The molecule has 2 aromatic rings. The third-order valence-corrected chi connectivity index (χ3v) is 4.82. The molecule has 2 aromatic carbocycles. The maximum absolute atomic E-state index is 13.8. The van der Waals surface area contributed by atoms with Gasteiger partial charge in [-0.3, -0.25) is 9.59 Å². The molecule has 1 N–H and O–H groups in total. The first kappa shape index (κ1) is 19.6. The first-order valence-electron chi connectivity index (χ1n) is 9.16. The number of likely N-dealkylation sites (tertiary alicyclic amines) is 1. The smallest absolute Gasteiger partial charge is 0.295 e. The molecule has 28 heavy (non-hydrogen) atoms. The third-order valence-electron chi connectivity index (χ3n) is 4.82. The van der Waals surface area contributed by atoms with Gasteiger partial charge in [0.15, 0.2) is 0 Å². The van der Waals surface area contributed by atoms with Gasteiger partial charge in [-0.05, 0) is 30.2 Å². The van der Waals surface area contributed by atoms with Crippen molar-refractivity contribution in [2.24, 2.45) is 0 Å². The number of hydrogen-bond acceptors (Lipinski definition) is 4. The molecular formula is C22H22FNO4. The minimum Gasteiger partial charge on any atom is -0.507 e. The Morgan fingerprint density at radius 1 is 1.18 bits per heavy atom. The van der Waals surface area contributed by atoms with Gasteiger partial charge in [-0.1, -0.05) is 43.7 Å². The molecule has 0 aliphatic carbocycles. The number of halogens is 1. The first-order valence-corrected chi connectivity index (χ1v) is 9.16. The standard InChI is InChI=1S/C22H22FNO4/c1-3-4-12-24-19(14-8-6-5-7-9-14)18(21(26)22(24)27)20(25)16-13-15(23)10-11-17(16)28-2/h5-11,13,19,25H,3-4,12H2,1-2H3/b20-18+. The predicted molar refractivity (Wildman–Crippen MR) is 103 cm³/mol. The van der Waals surface area contributed by atoms with Gasteiger partial charge in [0.1, 0.15) is 17.3 Å². The summed E-state index contributed by atoms with van der Waals surface area (Å²) < 4.78 is 19.0. The van der Waals surface area contributed by atoms with Gasteiger partial charge in [-0.25, -0.2) is 4.39 Å². The van der Waals surface area contributed by atoms with Crippen molar-refractivity contribution in [1.82, 2.24) is 4.90 Å². The molecule has 1 saturated heterocycles. The summed E-state index contributed by atoms with van der Waals surface area (Å²) in [5, 5.41) is 11.0. The minimum atomic E-state index is -0.784. The number of benzene rings is 2. The van der Waals surface area contributed by atoms with Crippen LogP contribution in [0.3, 0.4) is 0 Å². The summed E-state index contributed by atoms with van der Waals surface area (Å²) in [5.41, 5.74) is 0.683. The zero-order valence-electron chi connectivity index (χ0n) is 15.8. The molecule has 1 heterocycles. The van der Waals surface area contributed by atoms with Crippen LogP contribution in [0.2, 0.25) is 0 Å². The number of unbranched alkanes of at least 4 members (excludes halogenated alkanes) is 1. The van der Waals surface area contributed by atoms with E-state index in [-0.39, 0.29) is 16.9 Å². The van der Waals surface area contributed by atoms with Crippen LogP contribution in [0.4, 0.5) is 4.39 Å². The molecule has 1 unspecified atom stereocenters. The largest absolute Gasteiger partial charge is 0.507 e. The van der Waals surface area contributed by atoms with E-state index in [4.69, 9.17) is 4.74 Å². The fourth-order valence-corrected chi connectivity index (χ4v) is 3.43. The number of methoxy groups -OCH3 is 1. The summed E-state index contributed by atoms with van der Waals surface area (Å²) in [6.07, 6.45) is 1.57. The van der Waals surface area contributed by atoms with E-state index in [1.165, 1.54) is 24.1 Å². The second-order valence-corrected chi connectivity index (χ2v) is 6.60. The average Bonchev–Trinajstić information content (AvgIpc) is 2.97. The zero-order valence-corrected chi connectivity index (χ0v) is 15.8. The minimum absolute atomic E-state index is 0.0388. The number of rotatable bonds is 6. The number of aliphatic hydroxyl groups is 1. The van der Waals surface area contributed by atoms with Crippen LogP contribution < -0.4 is 4.74 Å². The van der Waals surface area contributed by atoms with Crippen LogP contribution in [-0.2, 0) is 9.59 Å². The molecule has 0 aromatic heterocycles. The normalized spacial score (nSPS) is 18.5. The highest BCUT2D eigenvalue weighted by atomic mass is 19.1. The van der Waals surface area contributed by atoms with Crippen molar-refractivity contribution < 1.29 is 23.8 Å². The van der Waals surface area contributed by atoms with E-state index in [1.807, 2.05) is 13.0 Å². The second-order valence-electron chi connectivity index (χ2n) is 6.60. The van der Waals surface area contributed by atoms with Gasteiger partial charge in [0.25, 0.3) is 11.7 Å². The number of Topliss-reactive ketones (excluding diaryl/α,β-unsaturated/α-hetero) is 1. The third kappa shape index (κ3) is 3.50. The van der Waals surface area contributed by atoms with Gasteiger partial charge in [0.2, 0.25) is 0 Å². The van der Waals surface area contributed by atoms with E-state index in [0.29, 0.717) is 12.1 Å². The van der Waals surface area contributed by atoms with Crippen molar-refractivity contribution in [2.45, 2.75) is 25.8 Å². The molecule has 0 bridgehead atoms. The number of nitrogens with zero attached hydrogens (tertiary/aromatic N) is 1. The number of hydrogen-bond donors (Lipinski definition) is 1. The van der Waals surface area contributed by atoms with E-state index < -0.39 is 29.3 Å². The van der Waals surface area contributed by atoms with Crippen molar-refractivity contribution in [3.05, 3.63) is 71.0 Å². The number of carbonyl (C=O) groups is 2. The van der Waals surface area contributed by atoms with Crippen LogP contribution in [0.25, 0.3) is 5.76 Å². The van der Waals surface area contributed by atoms with Gasteiger partial charge >= 0.3 is 0 Å². The van der Waals surface area contributed by atoms with Gasteiger partial charge in [0.05, 0.1) is 24.3 Å². The highest BCUT2D eigenvalue weighted by molar-refractivity contribution is 6.46. The number of aliphatic hydroxyl groups excluding tert-OH is 1. The molecule has 1 aliphatic heterocycles. The zero-order chi connectivity index (χ0) is 20.3. The molecule has 6 heteroatoms. The summed E-state index contributed by atoms with van der Waals surface area (Å²) >= 11 is 0. The molecule has 5 nitrogen and oxygen atoms in total. The van der Waals surface area contributed by atoms with Crippen molar-refractivity contribution >= 4 is 17.4 Å². The molecule has 146 valence electrons. The van der Waals surface area contributed by atoms with E-state index in [0.717, 1.165) is 18.9 Å². The Hall–Kier alpha value is -3.15. The molecule has 0 saturated carbocycles. The lowest BCUT2D eigenvalue weighted by atomic mass is 9.95. The molecule has 1 atom stereocenters. The molecule has 1 amide bonds. The van der Waals surface area contributed by atoms with Crippen molar-refractivity contribution in [3.63, 3.8) is 0 Å². The number of amides is 1. The highest BCUT2D eigenvalue weighted by Gasteiger charge is 2.45. The second kappa shape index (κ2) is 8.25. The Morgan fingerprint density at radius 3 is 2.54 bits per heavy atom. The summed E-state index contributed by atoms with van der Waals surface area (Å²) in [5.74, 6) is -2.26. The summed E-state index contributed by atoms with van der Waals surface area (Å²) in [6, 6.07) is 12.0. The van der Waals surface area contributed by atoms with Crippen LogP contribution in [0.15, 0.2) is 54.1 Å². The molecule has 1 fully saturated rings. The van der Waals surface area contributed by atoms with Crippen LogP contribution in [0.1, 0.15) is 36.9 Å². The van der Waals surface area contributed by atoms with Crippen LogP contribution in [0.5, 0.6) is 5.75 Å². The van der Waals surface area contributed by atoms with Crippen molar-refractivity contribution in [3.8, 4) is 5.75 Å². The van der Waals surface area contributed by atoms with Gasteiger partial charge < -0.3 is 14.7 Å². The number of ketones is 1. The molecule has 0 spiro atoms. The molecule has 1 aliphatic rings. The lowest BCUT2D eigenvalue weighted by molar-refractivity contribution is -0.139. The predicted octanol–water partition coefficient (Wildman–Crippen LogP) is 4.06. The van der Waals surface area contributed by atoms with E-state index in [9.17, 15) is 19.1 Å². The summed E-state index contributed by atoms with van der Waals surface area (Å²) in [6.45, 7) is 2.38. The molecule has 3 rings (SSSR count). The maximum atomic E-state index is 13.8. The Labute approximate surface area is 163 Å². The molecule has 0 radical (unpaired) electrons. The lowest BCUT2D eigenvalue weighted by Gasteiger charge is -2.25. The maximum Gasteiger partial charge on any atom is 0.295 e. The Kier molecular flexibility index (Phi) is 5.78. The van der Waals surface area contributed by atoms with Crippen LogP contribution in [-0.4, -0.2) is 35.4 Å². The van der Waals surface area contributed by atoms with Crippen molar-refractivity contribution in [1.29, 1.82) is 0 Å². The Morgan fingerprint density at radius 2 is 1.89 bits per heavy atom. The lowest BCUT2D eigenvalue weighted by Crippen LogP contribution is -2.30. The van der Waals surface area contributed by atoms with Crippen LogP contribution >= 0.6 is 0 Å². The SMILES string of the molecule is CCCCN1C(=O)C(=O)/C(=C(/O)c2cc(F)ccc2OC)C1c1ccccc1. The fraction of sp³-hybridized carbons (Fsp3) is 0.273. The summed E-state index contributed by atoms with van der Waals surface area (Å²) in [7, 11) is 1.39. The number of carbonyl (C=O) groups excluding carboxylic acids is 2. The average molecular weight is 383 g/mol. The van der Waals surface area contributed by atoms with Gasteiger partial charge in [-0.15, -0.1) is 0 Å². The fourth-order valence-electron chi connectivity index (χ4n) is 3.43. The number of ether oxygens (including phenoxy) is 1. The molecular weight excluding hydrogens is 361 g/mol. The Balaban J connectivity index is 2.21. The quantitative estimate of drug-likeness (QED) is 0.464. The van der Waals surface area contributed by atoms with Gasteiger partial charge in [0, 0.05) is 6.54 Å². The van der Waals surface area contributed by atoms with Gasteiger partial charge in [-0.2, -0.15) is 0 Å². The van der Waals surface area contributed by atoms with E-state index >= 15 is 0 Å². The van der Waals surface area contributed by atoms with Crippen molar-refractivity contribution in [2.75, 3.05) is 13.7 Å². The monoisotopic (exact) mass is 383 g/mol. The Bertz CT molecular complexity index is 923.